The lowest BCUT2D eigenvalue weighted by Crippen LogP contribution is -2.41. The van der Waals surface area contributed by atoms with E-state index >= 15 is 0 Å². The van der Waals surface area contributed by atoms with E-state index in [0.29, 0.717) is 0 Å². The minimum Gasteiger partial charge on any atom is -0.378 e. The highest BCUT2D eigenvalue weighted by Gasteiger charge is 2.38. The van der Waals surface area contributed by atoms with Gasteiger partial charge < -0.3 is 20.4 Å². The van der Waals surface area contributed by atoms with Crippen molar-refractivity contribution >= 4 is 11.0 Å². The number of H-pyrrole nitrogens is 2. The number of ether oxygens (including phenoxy) is 1. The summed E-state index contributed by atoms with van der Waals surface area (Å²) in [5, 5.41) is 0. The lowest BCUT2D eigenvalue weighted by Gasteiger charge is -2.42. The van der Waals surface area contributed by atoms with Crippen molar-refractivity contribution in [2.75, 3.05) is 7.11 Å². The molecule has 3 rings (SSSR count). The molecule has 2 aromatic rings. The largest absolute Gasteiger partial charge is 0.378 e. The van der Waals surface area contributed by atoms with Crippen molar-refractivity contribution < 1.29 is 4.74 Å². The summed E-state index contributed by atoms with van der Waals surface area (Å²) in [4.78, 5) is 16.7. The molecular weight excluding hydrogens is 242 g/mol. The minimum atomic E-state index is -0.187. The van der Waals surface area contributed by atoms with Crippen LogP contribution in [0.5, 0.6) is 0 Å². The Morgan fingerprint density at radius 2 is 2.11 bits per heavy atom. The lowest BCUT2D eigenvalue weighted by molar-refractivity contribution is -0.0816. The van der Waals surface area contributed by atoms with Crippen molar-refractivity contribution in [2.45, 2.75) is 37.3 Å². The number of hydrogen-bond acceptors (Lipinski definition) is 3. The van der Waals surface area contributed by atoms with Crippen LogP contribution in [-0.4, -0.2) is 22.7 Å². The average Bonchev–Trinajstić information content (AvgIpc) is 2.72. The molecule has 1 aromatic carbocycles. The maximum atomic E-state index is 11.2. The van der Waals surface area contributed by atoms with Gasteiger partial charge in [0.1, 0.15) is 0 Å². The summed E-state index contributed by atoms with van der Waals surface area (Å²) in [6, 6.07) is 5.74. The van der Waals surface area contributed by atoms with Gasteiger partial charge in [0.05, 0.1) is 16.6 Å². The van der Waals surface area contributed by atoms with E-state index in [0.717, 1.165) is 35.9 Å². The van der Waals surface area contributed by atoms with Crippen molar-refractivity contribution in [3.8, 4) is 0 Å². The fourth-order valence-electron chi connectivity index (χ4n) is 2.86. The second-order valence-corrected chi connectivity index (χ2v) is 5.44. The van der Waals surface area contributed by atoms with Crippen LogP contribution in [0.25, 0.3) is 11.0 Å². The molecule has 1 heterocycles. The van der Waals surface area contributed by atoms with Gasteiger partial charge in [-0.2, -0.15) is 0 Å². The first kappa shape index (κ1) is 12.4. The summed E-state index contributed by atoms with van der Waals surface area (Å²) in [7, 11) is 1.76. The highest BCUT2D eigenvalue weighted by Crippen LogP contribution is 2.41. The summed E-state index contributed by atoms with van der Waals surface area (Å²) in [5.74, 6) is 0. The van der Waals surface area contributed by atoms with E-state index in [9.17, 15) is 4.79 Å². The zero-order valence-corrected chi connectivity index (χ0v) is 11.0. The van der Waals surface area contributed by atoms with Crippen LogP contribution < -0.4 is 11.4 Å². The predicted octanol–water partition coefficient (Wildman–Crippen LogP) is 1.82. The van der Waals surface area contributed by atoms with Gasteiger partial charge in [0.15, 0.2) is 0 Å². The summed E-state index contributed by atoms with van der Waals surface area (Å²) < 4.78 is 5.61. The molecule has 0 amide bonds. The number of fused-ring (bicyclic) bond motifs is 1. The Labute approximate surface area is 111 Å². The standard InChI is InChI=1S/C14H19N3O2/c1-19-14(5-2-6-14)8-10(15)9-3-4-11-12(7-9)17-13(18)16-11/h3-4,7,10H,2,5-6,8,15H2,1H3,(H2,16,17,18). The van der Waals surface area contributed by atoms with E-state index in [1.54, 1.807) is 7.11 Å². The molecule has 1 aliphatic rings. The highest BCUT2D eigenvalue weighted by atomic mass is 16.5. The van der Waals surface area contributed by atoms with Crippen LogP contribution in [0.15, 0.2) is 23.0 Å². The van der Waals surface area contributed by atoms with E-state index in [1.807, 2.05) is 18.2 Å². The Bertz CT molecular complexity index is 634. The summed E-state index contributed by atoms with van der Waals surface area (Å²) in [5.41, 5.74) is 8.70. The fraction of sp³-hybridized carbons (Fsp3) is 0.500. The quantitative estimate of drug-likeness (QED) is 0.784. The van der Waals surface area contributed by atoms with Crippen molar-refractivity contribution in [1.29, 1.82) is 0 Å². The second kappa shape index (κ2) is 4.51. The molecule has 1 aliphatic carbocycles. The van der Waals surface area contributed by atoms with Gasteiger partial charge in [-0.25, -0.2) is 4.79 Å². The Balaban J connectivity index is 1.84. The van der Waals surface area contributed by atoms with Gasteiger partial charge in [-0.1, -0.05) is 6.07 Å². The van der Waals surface area contributed by atoms with Crippen molar-refractivity contribution in [1.82, 2.24) is 9.97 Å². The second-order valence-electron chi connectivity index (χ2n) is 5.44. The molecule has 0 spiro atoms. The molecule has 102 valence electrons. The molecular formula is C14H19N3O2. The van der Waals surface area contributed by atoms with Gasteiger partial charge in [-0.05, 0) is 43.4 Å². The average molecular weight is 261 g/mol. The number of hydrogen-bond donors (Lipinski definition) is 3. The smallest absolute Gasteiger partial charge is 0.323 e. The molecule has 0 bridgehead atoms. The number of nitrogens with two attached hydrogens (primary N) is 1. The summed E-state index contributed by atoms with van der Waals surface area (Å²) in [6.45, 7) is 0. The summed E-state index contributed by atoms with van der Waals surface area (Å²) in [6.07, 6.45) is 4.20. The zero-order chi connectivity index (χ0) is 13.5. The lowest BCUT2D eigenvalue weighted by atomic mass is 9.75. The molecule has 5 heteroatoms. The molecule has 0 radical (unpaired) electrons. The number of benzene rings is 1. The van der Waals surface area contributed by atoms with Crippen molar-refractivity contribution in [3.63, 3.8) is 0 Å². The third-order valence-electron chi connectivity index (χ3n) is 4.26. The van der Waals surface area contributed by atoms with Crippen LogP contribution in [0.2, 0.25) is 0 Å². The molecule has 5 nitrogen and oxygen atoms in total. The third kappa shape index (κ3) is 2.19. The van der Waals surface area contributed by atoms with Crippen LogP contribution in [0.4, 0.5) is 0 Å². The first-order chi connectivity index (χ1) is 9.12. The van der Waals surface area contributed by atoms with E-state index in [2.05, 4.69) is 9.97 Å². The van der Waals surface area contributed by atoms with Gasteiger partial charge in [0.25, 0.3) is 0 Å². The minimum absolute atomic E-state index is 0.0417. The number of aromatic nitrogens is 2. The monoisotopic (exact) mass is 261 g/mol. The van der Waals surface area contributed by atoms with Crippen LogP contribution in [0.3, 0.4) is 0 Å². The van der Waals surface area contributed by atoms with E-state index in [1.165, 1.54) is 6.42 Å². The first-order valence-electron chi connectivity index (χ1n) is 6.65. The van der Waals surface area contributed by atoms with E-state index < -0.39 is 0 Å². The normalized spacial score (nSPS) is 19.3. The molecule has 0 saturated heterocycles. The topological polar surface area (TPSA) is 83.9 Å². The molecule has 19 heavy (non-hydrogen) atoms. The van der Waals surface area contributed by atoms with Crippen LogP contribution in [0.1, 0.15) is 37.3 Å². The van der Waals surface area contributed by atoms with Gasteiger partial charge in [0.2, 0.25) is 0 Å². The van der Waals surface area contributed by atoms with Crippen molar-refractivity contribution in [2.24, 2.45) is 5.73 Å². The van der Waals surface area contributed by atoms with Crippen LogP contribution in [-0.2, 0) is 4.74 Å². The van der Waals surface area contributed by atoms with E-state index in [4.69, 9.17) is 10.5 Å². The van der Waals surface area contributed by atoms with Gasteiger partial charge in [-0.3, -0.25) is 0 Å². The number of rotatable bonds is 4. The maximum absolute atomic E-state index is 11.2. The Kier molecular flexibility index (Phi) is 2.95. The number of nitrogens with one attached hydrogen (secondary N) is 2. The maximum Gasteiger partial charge on any atom is 0.323 e. The molecule has 1 aromatic heterocycles. The SMILES string of the molecule is COC1(CC(N)c2ccc3[nH]c(=O)[nH]c3c2)CCC1. The van der Waals surface area contributed by atoms with Gasteiger partial charge in [0, 0.05) is 13.2 Å². The first-order valence-corrected chi connectivity index (χ1v) is 6.65. The predicted molar refractivity (Wildman–Crippen MR) is 74.1 cm³/mol. The Morgan fingerprint density at radius 3 is 2.74 bits per heavy atom. The zero-order valence-electron chi connectivity index (χ0n) is 11.0. The molecule has 4 N–H and O–H groups in total. The molecule has 1 atom stereocenters. The fourth-order valence-corrected chi connectivity index (χ4v) is 2.86. The van der Waals surface area contributed by atoms with Crippen LogP contribution >= 0.6 is 0 Å². The number of imidazole rings is 1. The Hall–Kier alpha value is -1.59. The Morgan fingerprint density at radius 1 is 1.37 bits per heavy atom. The molecule has 1 fully saturated rings. The van der Waals surface area contributed by atoms with Crippen LogP contribution in [0, 0.1) is 0 Å². The van der Waals surface area contributed by atoms with Gasteiger partial charge >= 0.3 is 5.69 Å². The molecule has 0 aliphatic heterocycles. The van der Waals surface area contributed by atoms with Gasteiger partial charge in [-0.15, -0.1) is 0 Å². The van der Waals surface area contributed by atoms with E-state index in [-0.39, 0.29) is 17.3 Å². The molecule has 1 saturated carbocycles. The third-order valence-corrected chi connectivity index (χ3v) is 4.26. The summed E-state index contributed by atoms with van der Waals surface area (Å²) >= 11 is 0. The highest BCUT2D eigenvalue weighted by molar-refractivity contribution is 5.75. The number of methoxy groups -OCH3 is 1. The number of aromatic amines is 2. The molecule has 1 unspecified atom stereocenters. The van der Waals surface area contributed by atoms with Crippen molar-refractivity contribution in [3.05, 3.63) is 34.2 Å².